The predicted molar refractivity (Wildman–Crippen MR) is 70.1 cm³/mol. The van der Waals surface area contributed by atoms with Crippen LogP contribution in [0.5, 0.6) is 5.75 Å². The van der Waals surface area contributed by atoms with E-state index in [1.165, 1.54) is 0 Å². The van der Waals surface area contributed by atoms with Gasteiger partial charge in [-0.25, -0.2) is 0 Å². The zero-order valence-electron chi connectivity index (χ0n) is 11.0. The average molecular weight is 265 g/mol. The van der Waals surface area contributed by atoms with Gasteiger partial charge in [-0.05, 0) is 24.6 Å². The second kappa shape index (κ2) is 6.04. The van der Waals surface area contributed by atoms with Gasteiger partial charge in [-0.15, -0.1) is 0 Å². The van der Waals surface area contributed by atoms with E-state index in [-0.39, 0.29) is 25.7 Å². The number of nitrogens with one attached hydrogen (secondary N) is 1. The molecule has 1 atom stereocenters. The first kappa shape index (κ1) is 13.8. The van der Waals surface area contributed by atoms with Crippen LogP contribution in [0.4, 0.5) is 0 Å². The zero-order chi connectivity index (χ0) is 13.7. The van der Waals surface area contributed by atoms with E-state index in [9.17, 15) is 9.90 Å². The van der Waals surface area contributed by atoms with Crippen LogP contribution in [0.3, 0.4) is 0 Å². The van der Waals surface area contributed by atoms with Gasteiger partial charge in [-0.2, -0.15) is 0 Å². The van der Waals surface area contributed by atoms with E-state index in [1.807, 2.05) is 25.1 Å². The van der Waals surface area contributed by atoms with Gasteiger partial charge >= 0.3 is 0 Å². The maximum absolute atomic E-state index is 11.6. The van der Waals surface area contributed by atoms with E-state index in [1.54, 1.807) is 6.07 Å². The van der Waals surface area contributed by atoms with Gasteiger partial charge in [0.2, 0.25) is 0 Å². The number of carbonyl (C=O) groups excluding carboxylic acids is 1. The van der Waals surface area contributed by atoms with Crippen molar-refractivity contribution in [3.05, 3.63) is 29.8 Å². The van der Waals surface area contributed by atoms with Crippen LogP contribution in [-0.4, -0.2) is 43.0 Å². The second-order valence-corrected chi connectivity index (χ2v) is 4.91. The fraction of sp³-hybridized carbons (Fsp3) is 0.500. The molecule has 5 heteroatoms. The first-order chi connectivity index (χ1) is 9.07. The van der Waals surface area contributed by atoms with Gasteiger partial charge in [-0.1, -0.05) is 12.1 Å². The van der Waals surface area contributed by atoms with Gasteiger partial charge in [0.1, 0.15) is 11.4 Å². The van der Waals surface area contributed by atoms with Crippen molar-refractivity contribution in [3.63, 3.8) is 0 Å². The number of ether oxygens (including phenoxy) is 2. The molecule has 2 N–H and O–H groups in total. The molecule has 1 fully saturated rings. The van der Waals surface area contributed by atoms with Gasteiger partial charge in [0.15, 0.2) is 6.61 Å². The Morgan fingerprint density at radius 2 is 2.42 bits per heavy atom. The molecule has 0 radical (unpaired) electrons. The van der Waals surface area contributed by atoms with Crippen LogP contribution < -0.4 is 10.1 Å². The van der Waals surface area contributed by atoms with Crippen LogP contribution in [0.25, 0.3) is 0 Å². The number of hydrogen-bond donors (Lipinski definition) is 2. The fourth-order valence-electron chi connectivity index (χ4n) is 1.90. The summed E-state index contributed by atoms with van der Waals surface area (Å²) in [6.45, 7) is 2.91. The van der Waals surface area contributed by atoms with E-state index in [2.05, 4.69) is 5.32 Å². The summed E-state index contributed by atoms with van der Waals surface area (Å²) in [5, 5.41) is 12.6. The van der Waals surface area contributed by atoms with Crippen LogP contribution in [0.2, 0.25) is 0 Å². The lowest BCUT2D eigenvalue weighted by atomic mass is 10.0. The minimum Gasteiger partial charge on any atom is -0.484 e. The highest BCUT2D eigenvalue weighted by molar-refractivity contribution is 5.77. The highest BCUT2D eigenvalue weighted by Crippen LogP contribution is 2.17. The molecule has 0 saturated carbocycles. The Morgan fingerprint density at radius 1 is 1.58 bits per heavy atom. The Labute approximate surface area is 112 Å². The predicted octanol–water partition coefficient (Wildman–Crippen LogP) is 0.641. The Kier molecular flexibility index (Phi) is 4.39. The molecule has 0 bridgehead atoms. The van der Waals surface area contributed by atoms with E-state index in [4.69, 9.17) is 9.47 Å². The molecule has 1 heterocycles. The Bertz CT molecular complexity index is 441. The third-order valence-electron chi connectivity index (χ3n) is 3.06. The Morgan fingerprint density at radius 3 is 3.11 bits per heavy atom. The van der Waals surface area contributed by atoms with E-state index >= 15 is 0 Å². The van der Waals surface area contributed by atoms with Crippen molar-refractivity contribution in [2.24, 2.45) is 0 Å². The first-order valence-corrected chi connectivity index (χ1v) is 6.34. The van der Waals surface area contributed by atoms with Gasteiger partial charge < -0.3 is 19.9 Å². The molecule has 0 unspecified atom stereocenters. The maximum atomic E-state index is 11.6. The van der Waals surface area contributed by atoms with Crippen LogP contribution in [-0.2, 0) is 9.53 Å². The summed E-state index contributed by atoms with van der Waals surface area (Å²) >= 11 is 0. The average Bonchev–Trinajstić information content (AvgIpc) is 2.82. The normalized spacial score (nSPS) is 22.2. The van der Waals surface area contributed by atoms with Gasteiger partial charge in [0.05, 0.1) is 6.61 Å². The van der Waals surface area contributed by atoms with Crippen molar-refractivity contribution >= 4 is 5.91 Å². The fourth-order valence-corrected chi connectivity index (χ4v) is 1.90. The van der Waals surface area contributed by atoms with E-state index in [0.29, 0.717) is 18.8 Å². The lowest BCUT2D eigenvalue weighted by Crippen LogP contribution is -2.44. The molecule has 0 spiro atoms. The molecule has 1 amide bonds. The van der Waals surface area contributed by atoms with Crippen molar-refractivity contribution in [2.75, 3.05) is 26.4 Å². The minimum absolute atomic E-state index is 0.0552. The molecule has 19 heavy (non-hydrogen) atoms. The summed E-state index contributed by atoms with van der Waals surface area (Å²) in [5.41, 5.74) is 0.147. The van der Waals surface area contributed by atoms with Gasteiger partial charge in [0.25, 0.3) is 5.91 Å². The number of carbonyl (C=O) groups is 1. The Balaban J connectivity index is 1.73. The highest BCUT2D eigenvalue weighted by atomic mass is 16.5. The summed E-state index contributed by atoms with van der Waals surface area (Å²) in [6.07, 6.45) is 0.548. The van der Waals surface area contributed by atoms with Crippen molar-refractivity contribution < 1.29 is 19.4 Å². The monoisotopic (exact) mass is 265 g/mol. The molecule has 1 saturated heterocycles. The van der Waals surface area contributed by atoms with Crippen LogP contribution in [0, 0.1) is 6.92 Å². The second-order valence-electron chi connectivity index (χ2n) is 4.91. The Hall–Kier alpha value is -1.59. The quantitative estimate of drug-likeness (QED) is 0.820. The smallest absolute Gasteiger partial charge is 0.258 e. The van der Waals surface area contributed by atoms with Crippen LogP contribution in [0.1, 0.15) is 12.0 Å². The maximum Gasteiger partial charge on any atom is 0.258 e. The van der Waals surface area contributed by atoms with E-state index < -0.39 is 5.60 Å². The van der Waals surface area contributed by atoms with Crippen molar-refractivity contribution in [1.29, 1.82) is 0 Å². The van der Waals surface area contributed by atoms with Crippen molar-refractivity contribution in [2.45, 2.75) is 18.9 Å². The summed E-state index contributed by atoms with van der Waals surface area (Å²) in [6, 6.07) is 7.51. The molecule has 5 nitrogen and oxygen atoms in total. The molecule has 1 aliphatic heterocycles. The van der Waals surface area contributed by atoms with Crippen molar-refractivity contribution in [1.82, 2.24) is 5.32 Å². The number of benzene rings is 1. The third kappa shape index (κ3) is 4.22. The van der Waals surface area contributed by atoms with Gasteiger partial charge in [0, 0.05) is 19.6 Å². The number of amides is 1. The zero-order valence-corrected chi connectivity index (χ0v) is 11.0. The number of aliphatic hydroxyl groups is 1. The topological polar surface area (TPSA) is 67.8 Å². The number of rotatable bonds is 5. The largest absolute Gasteiger partial charge is 0.484 e. The summed E-state index contributed by atoms with van der Waals surface area (Å²) in [5.74, 6) is 0.417. The standard InChI is InChI=1S/C14H19NO4/c1-11-3-2-4-12(7-11)19-8-13(16)15-9-14(17)5-6-18-10-14/h2-4,7,17H,5-6,8-10H2,1H3,(H,15,16)/t14-/m0/s1. The molecular formula is C14H19NO4. The van der Waals surface area contributed by atoms with Crippen molar-refractivity contribution in [3.8, 4) is 5.75 Å². The lowest BCUT2D eigenvalue weighted by molar-refractivity contribution is -0.124. The number of aryl methyl sites for hydroxylation is 1. The SMILES string of the molecule is Cc1cccc(OCC(=O)NC[C@@]2(O)CCOC2)c1. The third-order valence-corrected chi connectivity index (χ3v) is 3.06. The molecule has 104 valence electrons. The first-order valence-electron chi connectivity index (χ1n) is 6.34. The lowest BCUT2D eigenvalue weighted by Gasteiger charge is -2.20. The molecule has 1 aromatic rings. The number of hydrogen-bond acceptors (Lipinski definition) is 4. The summed E-state index contributed by atoms with van der Waals surface area (Å²) in [4.78, 5) is 11.6. The van der Waals surface area contributed by atoms with Crippen LogP contribution >= 0.6 is 0 Å². The molecule has 1 aromatic carbocycles. The van der Waals surface area contributed by atoms with Crippen LogP contribution in [0.15, 0.2) is 24.3 Å². The highest BCUT2D eigenvalue weighted by Gasteiger charge is 2.32. The summed E-state index contributed by atoms with van der Waals surface area (Å²) < 4.78 is 10.5. The molecule has 2 rings (SSSR count). The summed E-state index contributed by atoms with van der Waals surface area (Å²) in [7, 11) is 0. The molecular weight excluding hydrogens is 246 g/mol. The molecule has 1 aliphatic rings. The van der Waals surface area contributed by atoms with Gasteiger partial charge in [-0.3, -0.25) is 4.79 Å². The molecule has 0 aliphatic carbocycles. The molecule has 0 aromatic heterocycles. The minimum atomic E-state index is -0.932. The van der Waals surface area contributed by atoms with E-state index in [0.717, 1.165) is 5.56 Å².